The molecular formula is C20H20FN3O2S. The fourth-order valence-electron chi connectivity index (χ4n) is 2.62. The third-order valence-corrected chi connectivity index (χ3v) is 5.13. The maximum atomic E-state index is 13.1. The van der Waals surface area contributed by atoms with Crippen LogP contribution >= 0.6 is 11.8 Å². The van der Waals surface area contributed by atoms with Gasteiger partial charge in [-0.05, 0) is 31.2 Å². The van der Waals surface area contributed by atoms with Crippen LogP contribution < -0.4 is 0 Å². The van der Waals surface area contributed by atoms with Gasteiger partial charge in [0, 0.05) is 18.2 Å². The number of ether oxygens (including phenoxy) is 1. The number of Topliss-reactive ketones (excluding diaryl/α,β-unsaturated/α-hetero) is 1. The van der Waals surface area contributed by atoms with Crippen LogP contribution in [0.5, 0.6) is 0 Å². The number of ketones is 1. The number of hydrogen-bond donors (Lipinski definition) is 0. The highest BCUT2D eigenvalue weighted by atomic mass is 32.2. The first-order valence-electron chi connectivity index (χ1n) is 8.54. The van der Waals surface area contributed by atoms with Crippen LogP contribution in [0.1, 0.15) is 17.3 Å². The molecule has 0 bridgehead atoms. The van der Waals surface area contributed by atoms with Crippen molar-refractivity contribution in [2.75, 3.05) is 13.7 Å². The molecule has 0 fully saturated rings. The lowest BCUT2D eigenvalue weighted by molar-refractivity contribution is 0.0994. The fourth-order valence-corrected chi connectivity index (χ4v) is 3.57. The first-order valence-corrected chi connectivity index (χ1v) is 9.42. The summed E-state index contributed by atoms with van der Waals surface area (Å²) in [6.45, 7) is 2.90. The van der Waals surface area contributed by atoms with Crippen molar-refractivity contribution in [3.8, 4) is 11.4 Å². The minimum atomic E-state index is -0.385. The number of aromatic nitrogens is 3. The average Bonchev–Trinajstić information content (AvgIpc) is 3.09. The molecule has 0 aliphatic rings. The Hall–Kier alpha value is -2.51. The van der Waals surface area contributed by atoms with Crippen LogP contribution in [0.25, 0.3) is 11.4 Å². The fraction of sp³-hybridized carbons (Fsp3) is 0.250. The van der Waals surface area contributed by atoms with Gasteiger partial charge in [0.05, 0.1) is 18.4 Å². The monoisotopic (exact) mass is 385 g/mol. The Morgan fingerprint density at radius 1 is 1.15 bits per heavy atom. The number of carbonyl (C=O) groups excluding carboxylic acids is 1. The summed E-state index contributed by atoms with van der Waals surface area (Å²) < 4.78 is 20.2. The van der Waals surface area contributed by atoms with Crippen molar-refractivity contribution in [2.24, 2.45) is 0 Å². The molecule has 0 spiro atoms. The van der Waals surface area contributed by atoms with Gasteiger partial charge in [-0.25, -0.2) is 4.39 Å². The number of carbonyl (C=O) groups is 1. The van der Waals surface area contributed by atoms with Gasteiger partial charge in [-0.15, -0.1) is 10.2 Å². The zero-order valence-electron chi connectivity index (χ0n) is 15.1. The summed E-state index contributed by atoms with van der Waals surface area (Å²) in [7, 11) is 1.64. The second kappa shape index (κ2) is 8.92. The molecule has 0 saturated heterocycles. The molecule has 7 heteroatoms. The molecule has 1 heterocycles. The summed E-state index contributed by atoms with van der Waals surface area (Å²) in [4.78, 5) is 12.6. The molecule has 0 saturated carbocycles. The van der Waals surface area contributed by atoms with Crippen molar-refractivity contribution in [3.63, 3.8) is 0 Å². The van der Waals surface area contributed by atoms with Gasteiger partial charge in [-0.2, -0.15) is 0 Å². The highest BCUT2D eigenvalue weighted by molar-refractivity contribution is 8.00. The van der Waals surface area contributed by atoms with E-state index in [1.165, 1.54) is 36.0 Å². The Labute approximate surface area is 161 Å². The van der Waals surface area contributed by atoms with Gasteiger partial charge < -0.3 is 4.74 Å². The third kappa shape index (κ3) is 4.61. The van der Waals surface area contributed by atoms with Crippen molar-refractivity contribution in [1.29, 1.82) is 0 Å². The Kier molecular flexibility index (Phi) is 6.36. The minimum Gasteiger partial charge on any atom is -0.383 e. The number of nitrogens with zero attached hydrogens (tertiary/aromatic N) is 3. The standard InChI is InChI=1S/C20H20FN3O2S/c1-14(18(25)15-8-10-17(21)11-9-15)27-20-23-22-19(24(20)12-13-26-2)16-6-4-3-5-7-16/h3-11,14H,12-13H2,1-2H3. The van der Waals surface area contributed by atoms with Gasteiger partial charge in [-0.3, -0.25) is 9.36 Å². The largest absolute Gasteiger partial charge is 0.383 e. The quantitative estimate of drug-likeness (QED) is 0.432. The first kappa shape index (κ1) is 19.3. The highest BCUT2D eigenvalue weighted by Gasteiger charge is 2.21. The van der Waals surface area contributed by atoms with E-state index in [-0.39, 0.29) is 16.9 Å². The molecular weight excluding hydrogens is 365 g/mol. The van der Waals surface area contributed by atoms with E-state index in [1.54, 1.807) is 7.11 Å². The summed E-state index contributed by atoms with van der Waals surface area (Å²) >= 11 is 1.33. The molecule has 3 rings (SSSR count). The second-order valence-corrected chi connectivity index (χ2v) is 7.26. The molecule has 0 aliphatic carbocycles. The number of halogens is 1. The van der Waals surface area contributed by atoms with Crippen LogP contribution in [0.3, 0.4) is 0 Å². The maximum absolute atomic E-state index is 13.1. The highest BCUT2D eigenvalue weighted by Crippen LogP contribution is 2.28. The summed E-state index contributed by atoms with van der Waals surface area (Å²) in [6.07, 6.45) is 0. The molecule has 1 atom stereocenters. The molecule has 2 aromatic carbocycles. The Morgan fingerprint density at radius 3 is 2.52 bits per heavy atom. The summed E-state index contributed by atoms with van der Waals surface area (Å²) in [5.41, 5.74) is 1.42. The predicted molar refractivity (Wildman–Crippen MR) is 103 cm³/mol. The smallest absolute Gasteiger partial charge is 0.192 e. The van der Waals surface area contributed by atoms with Crippen molar-refractivity contribution < 1.29 is 13.9 Å². The summed E-state index contributed by atoms with van der Waals surface area (Å²) in [6, 6.07) is 15.3. The maximum Gasteiger partial charge on any atom is 0.192 e. The van der Waals surface area contributed by atoms with Gasteiger partial charge in [0.15, 0.2) is 16.8 Å². The normalized spacial score (nSPS) is 12.1. The Morgan fingerprint density at radius 2 is 1.85 bits per heavy atom. The molecule has 3 aromatic rings. The Bertz CT molecular complexity index is 897. The van der Waals surface area contributed by atoms with E-state index in [2.05, 4.69) is 10.2 Å². The van der Waals surface area contributed by atoms with E-state index in [1.807, 2.05) is 41.8 Å². The molecule has 1 unspecified atom stereocenters. The lowest BCUT2D eigenvalue weighted by Crippen LogP contribution is -2.15. The van der Waals surface area contributed by atoms with Crippen LogP contribution in [0, 0.1) is 5.82 Å². The number of rotatable bonds is 8. The average molecular weight is 385 g/mol. The van der Waals surface area contributed by atoms with Crippen molar-refractivity contribution in [2.45, 2.75) is 23.9 Å². The van der Waals surface area contributed by atoms with E-state index in [0.717, 1.165) is 11.4 Å². The van der Waals surface area contributed by atoms with Gasteiger partial charge in [0.2, 0.25) is 0 Å². The number of benzene rings is 2. The molecule has 0 radical (unpaired) electrons. The first-order chi connectivity index (χ1) is 13.1. The van der Waals surface area contributed by atoms with Crippen LogP contribution in [-0.4, -0.2) is 39.5 Å². The Balaban J connectivity index is 1.84. The summed E-state index contributed by atoms with van der Waals surface area (Å²) in [5.74, 6) is 0.290. The number of thioether (sulfide) groups is 1. The topological polar surface area (TPSA) is 57.0 Å². The van der Waals surface area contributed by atoms with Crippen LogP contribution in [0.2, 0.25) is 0 Å². The molecule has 5 nitrogen and oxygen atoms in total. The lowest BCUT2D eigenvalue weighted by atomic mass is 10.1. The minimum absolute atomic E-state index is 0.0810. The molecule has 140 valence electrons. The molecule has 0 aliphatic heterocycles. The van der Waals surface area contributed by atoms with Crippen LogP contribution in [0.15, 0.2) is 59.8 Å². The van der Waals surface area contributed by atoms with Crippen LogP contribution in [0.4, 0.5) is 4.39 Å². The zero-order valence-corrected chi connectivity index (χ0v) is 15.9. The number of hydrogen-bond acceptors (Lipinski definition) is 5. The zero-order chi connectivity index (χ0) is 19.2. The summed E-state index contributed by atoms with van der Waals surface area (Å²) in [5, 5.41) is 8.86. The SMILES string of the molecule is COCCn1c(SC(C)C(=O)c2ccc(F)cc2)nnc1-c1ccccc1. The van der Waals surface area contributed by atoms with Gasteiger partial charge in [-0.1, -0.05) is 42.1 Å². The van der Waals surface area contributed by atoms with Crippen molar-refractivity contribution in [1.82, 2.24) is 14.8 Å². The molecule has 0 N–H and O–H groups in total. The molecule has 27 heavy (non-hydrogen) atoms. The van der Waals surface area contributed by atoms with Crippen LogP contribution in [-0.2, 0) is 11.3 Å². The molecule has 1 aromatic heterocycles. The van der Waals surface area contributed by atoms with E-state index in [0.29, 0.717) is 23.9 Å². The van der Waals surface area contributed by atoms with Gasteiger partial charge in [0.1, 0.15) is 5.82 Å². The third-order valence-electron chi connectivity index (χ3n) is 4.05. The van der Waals surface area contributed by atoms with Crippen molar-refractivity contribution >= 4 is 17.5 Å². The molecule has 0 amide bonds. The number of methoxy groups -OCH3 is 1. The van der Waals surface area contributed by atoms with E-state index >= 15 is 0 Å². The van der Waals surface area contributed by atoms with E-state index in [4.69, 9.17) is 4.74 Å². The van der Waals surface area contributed by atoms with E-state index < -0.39 is 0 Å². The van der Waals surface area contributed by atoms with Crippen molar-refractivity contribution in [3.05, 3.63) is 66.0 Å². The van der Waals surface area contributed by atoms with Gasteiger partial charge >= 0.3 is 0 Å². The lowest BCUT2D eigenvalue weighted by Gasteiger charge is -2.13. The second-order valence-electron chi connectivity index (χ2n) is 5.95. The predicted octanol–water partition coefficient (Wildman–Crippen LogP) is 4.09. The van der Waals surface area contributed by atoms with E-state index in [9.17, 15) is 9.18 Å². The van der Waals surface area contributed by atoms with Gasteiger partial charge in [0.25, 0.3) is 0 Å².